The van der Waals surface area contributed by atoms with Crippen molar-refractivity contribution in [1.82, 2.24) is 10.2 Å². The van der Waals surface area contributed by atoms with Crippen molar-refractivity contribution in [3.05, 3.63) is 0 Å². The fourth-order valence-electron chi connectivity index (χ4n) is 2.29. The zero-order valence-electron chi connectivity index (χ0n) is 12.5. The molecule has 1 N–H and O–H groups in total. The highest BCUT2D eigenvalue weighted by Gasteiger charge is 2.39. The van der Waals surface area contributed by atoms with Crippen LogP contribution in [-0.4, -0.2) is 48.7 Å². The Balaban J connectivity index is 2.57. The summed E-state index contributed by atoms with van der Waals surface area (Å²) in [5.74, 6) is -0.144. The Morgan fingerprint density at radius 1 is 1.50 bits per heavy atom. The fourth-order valence-corrected chi connectivity index (χ4v) is 2.29. The van der Waals surface area contributed by atoms with Crippen LogP contribution in [-0.2, 0) is 9.53 Å². The first-order chi connectivity index (χ1) is 8.42. The van der Waals surface area contributed by atoms with Crippen molar-refractivity contribution in [1.29, 1.82) is 0 Å². The van der Waals surface area contributed by atoms with Crippen LogP contribution in [0.2, 0.25) is 0 Å². The van der Waals surface area contributed by atoms with E-state index >= 15 is 0 Å². The molecule has 1 rings (SSSR count). The Morgan fingerprint density at radius 2 is 2.11 bits per heavy atom. The highest BCUT2D eigenvalue weighted by Crippen LogP contribution is 2.25. The molecule has 4 nitrogen and oxygen atoms in total. The molecule has 1 saturated carbocycles. The van der Waals surface area contributed by atoms with E-state index in [1.54, 1.807) is 0 Å². The average molecular weight is 256 g/mol. The Hall–Kier alpha value is -0.610. The lowest BCUT2D eigenvalue weighted by Gasteiger charge is -2.32. The first-order valence-electron chi connectivity index (χ1n) is 7.03. The maximum Gasteiger partial charge on any atom is 0.325 e. The molecule has 1 aliphatic carbocycles. The maximum atomic E-state index is 12.0. The number of nitrogens with zero attached hydrogens (tertiary/aromatic N) is 1. The summed E-state index contributed by atoms with van der Waals surface area (Å²) in [4.78, 5) is 14.3. The van der Waals surface area contributed by atoms with E-state index in [1.165, 1.54) is 20.0 Å². The van der Waals surface area contributed by atoms with Gasteiger partial charge in [0.05, 0.1) is 7.11 Å². The van der Waals surface area contributed by atoms with E-state index in [0.29, 0.717) is 12.1 Å². The van der Waals surface area contributed by atoms with Gasteiger partial charge in [-0.05, 0) is 46.6 Å². The molecule has 0 amide bonds. The van der Waals surface area contributed by atoms with Gasteiger partial charge in [-0.1, -0.05) is 6.92 Å². The molecule has 0 heterocycles. The first kappa shape index (κ1) is 15.4. The minimum absolute atomic E-state index is 0.144. The van der Waals surface area contributed by atoms with E-state index in [1.807, 2.05) is 6.92 Å². The summed E-state index contributed by atoms with van der Waals surface area (Å²) < 4.78 is 4.95. The van der Waals surface area contributed by atoms with Crippen LogP contribution in [0.5, 0.6) is 0 Å². The van der Waals surface area contributed by atoms with Crippen LogP contribution in [0.3, 0.4) is 0 Å². The molecule has 0 radical (unpaired) electrons. The average Bonchev–Trinajstić information content (AvgIpc) is 3.12. The molecule has 0 aromatic carbocycles. The quantitative estimate of drug-likeness (QED) is 0.672. The van der Waals surface area contributed by atoms with E-state index in [9.17, 15) is 4.79 Å². The highest BCUT2D eigenvalue weighted by atomic mass is 16.5. The Labute approximate surface area is 111 Å². The molecule has 0 saturated heterocycles. The molecular weight excluding hydrogens is 228 g/mol. The van der Waals surface area contributed by atoms with Gasteiger partial charge in [-0.15, -0.1) is 0 Å². The van der Waals surface area contributed by atoms with E-state index in [0.717, 1.165) is 19.5 Å². The second-order valence-corrected chi connectivity index (χ2v) is 5.71. The summed E-state index contributed by atoms with van der Waals surface area (Å²) in [7, 11) is 1.47. The van der Waals surface area contributed by atoms with Crippen LogP contribution in [0.4, 0.5) is 0 Å². The Kier molecular flexibility index (Phi) is 5.60. The summed E-state index contributed by atoms with van der Waals surface area (Å²) >= 11 is 0. The lowest BCUT2D eigenvalue weighted by Crippen LogP contribution is -2.53. The van der Waals surface area contributed by atoms with Gasteiger partial charge in [0.2, 0.25) is 0 Å². The molecular formula is C14H28N2O2. The molecule has 0 aromatic heterocycles. The zero-order valence-corrected chi connectivity index (χ0v) is 12.5. The molecule has 0 spiro atoms. The number of carbonyl (C=O) groups excluding carboxylic acids is 1. The van der Waals surface area contributed by atoms with Gasteiger partial charge in [0.1, 0.15) is 5.54 Å². The van der Waals surface area contributed by atoms with Crippen molar-refractivity contribution < 1.29 is 9.53 Å². The van der Waals surface area contributed by atoms with Gasteiger partial charge in [0.25, 0.3) is 0 Å². The Morgan fingerprint density at radius 3 is 2.50 bits per heavy atom. The van der Waals surface area contributed by atoms with Crippen molar-refractivity contribution in [2.75, 3.05) is 20.2 Å². The van der Waals surface area contributed by atoms with Gasteiger partial charge < -0.3 is 9.64 Å². The van der Waals surface area contributed by atoms with Crippen LogP contribution in [0.25, 0.3) is 0 Å². The van der Waals surface area contributed by atoms with Gasteiger partial charge in [0, 0.05) is 18.6 Å². The smallest absolute Gasteiger partial charge is 0.325 e. The third-order valence-electron chi connectivity index (χ3n) is 3.77. The third kappa shape index (κ3) is 4.25. The van der Waals surface area contributed by atoms with Crippen LogP contribution in [0, 0.1) is 0 Å². The minimum atomic E-state index is -0.543. The predicted molar refractivity (Wildman–Crippen MR) is 73.6 cm³/mol. The van der Waals surface area contributed by atoms with Gasteiger partial charge in [-0.3, -0.25) is 10.1 Å². The SMILES string of the molecule is CCN(CCC(C)(NC1CC1)C(=O)OC)C(C)C. The van der Waals surface area contributed by atoms with Gasteiger partial charge in [0.15, 0.2) is 0 Å². The molecule has 106 valence electrons. The van der Waals surface area contributed by atoms with Crippen LogP contribution >= 0.6 is 0 Å². The number of rotatable bonds is 8. The fraction of sp³-hybridized carbons (Fsp3) is 0.929. The lowest BCUT2D eigenvalue weighted by molar-refractivity contribution is -0.148. The van der Waals surface area contributed by atoms with Crippen molar-refractivity contribution in [3.8, 4) is 0 Å². The summed E-state index contributed by atoms with van der Waals surface area (Å²) in [6.45, 7) is 10.4. The number of carbonyl (C=O) groups is 1. The summed E-state index contributed by atoms with van der Waals surface area (Å²) in [5.41, 5.74) is -0.543. The van der Waals surface area contributed by atoms with E-state index in [-0.39, 0.29) is 5.97 Å². The normalized spacial score (nSPS) is 19.1. The van der Waals surface area contributed by atoms with Crippen molar-refractivity contribution >= 4 is 5.97 Å². The monoisotopic (exact) mass is 256 g/mol. The van der Waals surface area contributed by atoms with E-state index in [2.05, 4.69) is 31.0 Å². The number of esters is 1. The Bertz CT molecular complexity index is 277. The third-order valence-corrected chi connectivity index (χ3v) is 3.77. The molecule has 0 bridgehead atoms. The first-order valence-corrected chi connectivity index (χ1v) is 7.03. The molecule has 1 aliphatic rings. The summed E-state index contributed by atoms with van der Waals surface area (Å²) in [6.07, 6.45) is 3.14. The number of ether oxygens (including phenoxy) is 1. The minimum Gasteiger partial charge on any atom is -0.468 e. The number of methoxy groups -OCH3 is 1. The molecule has 1 unspecified atom stereocenters. The maximum absolute atomic E-state index is 12.0. The van der Waals surface area contributed by atoms with E-state index in [4.69, 9.17) is 4.74 Å². The van der Waals surface area contributed by atoms with Gasteiger partial charge >= 0.3 is 5.97 Å². The van der Waals surface area contributed by atoms with Crippen molar-refractivity contribution in [2.24, 2.45) is 0 Å². The van der Waals surface area contributed by atoms with Crippen molar-refractivity contribution in [3.63, 3.8) is 0 Å². The molecule has 4 heteroatoms. The lowest BCUT2D eigenvalue weighted by atomic mass is 9.97. The molecule has 18 heavy (non-hydrogen) atoms. The molecule has 0 aliphatic heterocycles. The second-order valence-electron chi connectivity index (χ2n) is 5.71. The zero-order chi connectivity index (χ0) is 13.8. The van der Waals surface area contributed by atoms with Crippen LogP contribution < -0.4 is 5.32 Å². The highest BCUT2D eigenvalue weighted by molar-refractivity contribution is 5.80. The standard InChI is InChI=1S/C14H28N2O2/c1-6-16(11(2)3)10-9-14(4,13(17)18-5)15-12-7-8-12/h11-12,15H,6-10H2,1-5H3. The van der Waals surface area contributed by atoms with Crippen molar-refractivity contribution in [2.45, 2.75) is 64.6 Å². The summed E-state index contributed by atoms with van der Waals surface area (Å²) in [5, 5.41) is 3.44. The predicted octanol–water partition coefficient (Wildman–Crippen LogP) is 1.79. The largest absolute Gasteiger partial charge is 0.468 e. The molecule has 1 fully saturated rings. The number of hydrogen-bond donors (Lipinski definition) is 1. The van der Waals surface area contributed by atoms with Gasteiger partial charge in [-0.25, -0.2) is 0 Å². The summed E-state index contributed by atoms with van der Waals surface area (Å²) in [6, 6.07) is 1.01. The van der Waals surface area contributed by atoms with Gasteiger partial charge in [-0.2, -0.15) is 0 Å². The molecule has 1 atom stereocenters. The van der Waals surface area contributed by atoms with E-state index < -0.39 is 5.54 Å². The van der Waals surface area contributed by atoms with Crippen LogP contribution in [0.15, 0.2) is 0 Å². The second kappa shape index (κ2) is 6.53. The number of nitrogens with one attached hydrogen (secondary N) is 1. The number of hydrogen-bond acceptors (Lipinski definition) is 4. The van der Waals surface area contributed by atoms with Crippen LogP contribution in [0.1, 0.15) is 47.0 Å². The molecule has 0 aromatic rings. The topological polar surface area (TPSA) is 41.6 Å².